The number of rotatable bonds is 3. The second kappa shape index (κ2) is 4.39. The van der Waals surface area contributed by atoms with Gasteiger partial charge in [-0.15, -0.1) is 0 Å². The highest BCUT2D eigenvalue weighted by atomic mass is 32.2. The van der Waals surface area contributed by atoms with Crippen LogP contribution in [-0.2, 0) is 0 Å². The molecule has 0 aromatic heterocycles. The average molecular weight is 123 g/mol. The van der Waals surface area contributed by atoms with Gasteiger partial charge in [-0.3, -0.25) is 0 Å². The first-order valence-corrected chi connectivity index (χ1v) is 2.68. The molecular formula is C3H9NO2S. The summed E-state index contributed by atoms with van der Waals surface area (Å²) in [6, 6.07) is 0. The molecule has 0 bridgehead atoms. The summed E-state index contributed by atoms with van der Waals surface area (Å²) in [7, 11) is 1.70. The van der Waals surface area contributed by atoms with Gasteiger partial charge in [0.2, 0.25) is 0 Å². The zero-order valence-corrected chi connectivity index (χ0v) is 4.98. The Morgan fingerprint density at radius 3 is 2.43 bits per heavy atom. The zero-order chi connectivity index (χ0) is 5.70. The van der Waals surface area contributed by atoms with Crippen molar-refractivity contribution in [3.63, 3.8) is 0 Å². The predicted molar refractivity (Wildman–Crippen MR) is 29.9 cm³/mol. The third-order valence-electron chi connectivity index (χ3n) is 0.554. The Hall–Kier alpha value is 0.230. The Morgan fingerprint density at radius 1 is 1.71 bits per heavy atom. The fourth-order valence-corrected chi connectivity index (χ4v) is 0.345. The molecule has 0 aromatic carbocycles. The van der Waals surface area contributed by atoms with Gasteiger partial charge in [0.15, 0.2) is 0 Å². The molecule has 0 unspecified atom stereocenters. The molecule has 0 heterocycles. The van der Waals surface area contributed by atoms with Crippen LogP contribution >= 0.6 is 12.2 Å². The Labute approximate surface area is 47.3 Å². The molecule has 0 saturated carbocycles. The van der Waals surface area contributed by atoms with Crippen molar-refractivity contribution in [2.75, 3.05) is 20.2 Å². The maximum absolute atomic E-state index is 8.20. The molecule has 44 valence electrons. The van der Waals surface area contributed by atoms with Gasteiger partial charge in [0, 0.05) is 6.54 Å². The minimum atomic E-state index is 0.0874. The fourth-order valence-electron chi connectivity index (χ4n) is 0.182. The van der Waals surface area contributed by atoms with Crippen LogP contribution in [0, 0.1) is 0 Å². The summed E-state index contributed by atoms with van der Waals surface area (Å²) in [6.07, 6.45) is 0. The average Bonchev–Trinajstić information content (AvgIpc) is 1.68. The Morgan fingerprint density at radius 2 is 2.29 bits per heavy atom. The van der Waals surface area contributed by atoms with E-state index in [1.165, 1.54) is 4.31 Å². The predicted octanol–water partition coefficient (Wildman–Crippen LogP) is 0.0317. The summed E-state index contributed by atoms with van der Waals surface area (Å²) in [6.45, 7) is 0.589. The van der Waals surface area contributed by atoms with Gasteiger partial charge < -0.3 is 9.66 Å². The van der Waals surface area contributed by atoms with Crippen molar-refractivity contribution in [3.05, 3.63) is 0 Å². The van der Waals surface area contributed by atoms with Gasteiger partial charge in [0.1, 0.15) is 0 Å². The summed E-state index contributed by atoms with van der Waals surface area (Å²) in [5.74, 6) is 0. The highest BCUT2D eigenvalue weighted by Gasteiger charge is 1.90. The number of nitrogens with zero attached hydrogens (tertiary/aromatic N) is 1. The molecule has 0 rings (SSSR count). The maximum atomic E-state index is 8.20. The van der Waals surface area contributed by atoms with Gasteiger partial charge in [0.05, 0.1) is 18.8 Å². The van der Waals surface area contributed by atoms with E-state index in [1.54, 1.807) is 7.05 Å². The van der Waals surface area contributed by atoms with Crippen molar-refractivity contribution in [1.82, 2.24) is 4.31 Å². The van der Waals surface area contributed by atoms with Crippen LogP contribution in [0.5, 0.6) is 0 Å². The summed E-state index contributed by atoms with van der Waals surface area (Å²) in [5, 5.41) is 8.20. The lowest BCUT2D eigenvalue weighted by molar-refractivity contribution is 0.270. The van der Waals surface area contributed by atoms with E-state index >= 15 is 0 Å². The molecule has 0 aliphatic heterocycles. The number of hydrogen-bond acceptors (Lipinski definition) is 4. The summed E-state index contributed by atoms with van der Waals surface area (Å²) < 4.78 is 9.73. The lowest BCUT2D eigenvalue weighted by Crippen LogP contribution is -2.12. The van der Waals surface area contributed by atoms with E-state index in [0.717, 1.165) is 0 Å². The van der Waals surface area contributed by atoms with Crippen molar-refractivity contribution in [2.24, 2.45) is 0 Å². The van der Waals surface area contributed by atoms with Crippen LogP contribution in [0.15, 0.2) is 0 Å². The third kappa shape index (κ3) is 4.08. The van der Waals surface area contributed by atoms with Crippen LogP contribution in [-0.4, -0.2) is 34.2 Å². The smallest absolute Gasteiger partial charge is 0.0788 e. The minimum absolute atomic E-state index is 0.0874. The van der Waals surface area contributed by atoms with E-state index in [2.05, 4.69) is 0 Å². The highest BCUT2D eigenvalue weighted by Crippen LogP contribution is 1.95. The van der Waals surface area contributed by atoms with Gasteiger partial charge in [0.25, 0.3) is 0 Å². The zero-order valence-electron chi connectivity index (χ0n) is 4.16. The molecule has 0 atom stereocenters. The molecule has 0 aliphatic rings. The molecule has 4 heteroatoms. The molecule has 0 radical (unpaired) electrons. The van der Waals surface area contributed by atoms with Crippen LogP contribution in [0.25, 0.3) is 0 Å². The fraction of sp³-hybridized carbons (Fsp3) is 1.00. The largest absolute Gasteiger partial charge is 0.395 e. The monoisotopic (exact) mass is 123 g/mol. The molecular weight excluding hydrogens is 114 g/mol. The van der Waals surface area contributed by atoms with Crippen molar-refractivity contribution >= 4 is 12.2 Å². The summed E-state index contributed by atoms with van der Waals surface area (Å²) in [5.41, 5.74) is 0. The van der Waals surface area contributed by atoms with Crippen LogP contribution < -0.4 is 0 Å². The van der Waals surface area contributed by atoms with Gasteiger partial charge in [-0.1, -0.05) is 0 Å². The molecule has 0 aromatic rings. The van der Waals surface area contributed by atoms with E-state index in [1.807, 2.05) is 0 Å². The molecule has 7 heavy (non-hydrogen) atoms. The second-order valence-electron chi connectivity index (χ2n) is 1.16. The van der Waals surface area contributed by atoms with Gasteiger partial charge >= 0.3 is 0 Å². The number of aliphatic hydroxyl groups is 1. The van der Waals surface area contributed by atoms with Crippen molar-refractivity contribution < 1.29 is 9.66 Å². The summed E-state index contributed by atoms with van der Waals surface area (Å²) in [4.78, 5) is 0. The van der Waals surface area contributed by atoms with Crippen molar-refractivity contribution in [1.29, 1.82) is 0 Å². The molecule has 0 aliphatic carbocycles. The summed E-state index contributed by atoms with van der Waals surface area (Å²) >= 11 is 0.623. The van der Waals surface area contributed by atoms with Crippen LogP contribution in [0.1, 0.15) is 0 Å². The van der Waals surface area contributed by atoms with E-state index in [-0.39, 0.29) is 6.61 Å². The Kier molecular flexibility index (Phi) is 4.53. The van der Waals surface area contributed by atoms with Gasteiger partial charge in [-0.2, -0.15) is 0 Å². The van der Waals surface area contributed by atoms with Crippen molar-refractivity contribution in [3.8, 4) is 0 Å². The van der Waals surface area contributed by atoms with Crippen LogP contribution in [0.4, 0.5) is 0 Å². The minimum Gasteiger partial charge on any atom is -0.395 e. The highest BCUT2D eigenvalue weighted by molar-refractivity contribution is 7.91. The Bertz CT molecular complexity index is 43.9. The van der Waals surface area contributed by atoms with Gasteiger partial charge in [-0.05, 0) is 7.05 Å². The first kappa shape index (κ1) is 7.23. The molecule has 0 amide bonds. The molecule has 0 spiro atoms. The van der Waals surface area contributed by atoms with Gasteiger partial charge in [-0.25, -0.2) is 4.31 Å². The lowest BCUT2D eigenvalue weighted by Gasteiger charge is -2.05. The second-order valence-corrected chi connectivity index (χ2v) is 1.94. The SMILES string of the molecule is CN(CCO)SO. The number of aliphatic hydroxyl groups excluding tert-OH is 1. The molecule has 0 saturated heterocycles. The van der Waals surface area contributed by atoms with Crippen LogP contribution in [0.2, 0.25) is 0 Å². The molecule has 3 nitrogen and oxygen atoms in total. The Balaban J connectivity index is 2.83. The van der Waals surface area contributed by atoms with E-state index in [9.17, 15) is 0 Å². The lowest BCUT2D eigenvalue weighted by atomic mass is 10.7. The standard InChI is InChI=1S/C3H9NO2S/c1-4(7-6)2-3-5/h5-6H,2-3H2,1H3. The number of likely N-dealkylation sites (N-methyl/N-ethyl adjacent to an activating group) is 1. The van der Waals surface area contributed by atoms with E-state index < -0.39 is 0 Å². The first-order valence-electron chi connectivity index (χ1n) is 1.94. The molecule has 2 N–H and O–H groups in total. The van der Waals surface area contributed by atoms with Crippen molar-refractivity contribution in [2.45, 2.75) is 0 Å². The topological polar surface area (TPSA) is 43.7 Å². The maximum Gasteiger partial charge on any atom is 0.0788 e. The quantitative estimate of drug-likeness (QED) is 0.410. The van der Waals surface area contributed by atoms with E-state index in [4.69, 9.17) is 9.66 Å². The third-order valence-corrected chi connectivity index (χ3v) is 1.02. The molecule has 0 fully saturated rings. The van der Waals surface area contributed by atoms with E-state index in [0.29, 0.717) is 18.8 Å². The first-order chi connectivity index (χ1) is 3.31. The normalized spacial score (nSPS) is 10.3. The number of hydrogen-bond donors (Lipinski definition) is 2. The van der Waals surface area contributed by atoms with Crippen LogP contribution in [0.3, 0.4) is 0 Å².